The Morgan fingerprint density at radius 1 is 1.03 bits per heavy atom. The molecule has 0 unspecified atom stereocenters. The van der Waals surface area contributed by atoms with Crippen LogP contribution in [0.5, 0.6) is 17.2 Å². The van der Waals surface area contributed by atoms with Crippen LogP contribution in [0.1, 0.15) is 17.0 Å². The third-order valence-corrected chi connectivity index (χ3v) is 4.92. The van der Waals surface area contributed by atoms with Gasteiger partial charge in [-0.15, -0.1) is 0 Å². The number of hydrogen-bond acceptors (Lipinski definition) is 8. The van der Waals surface area contributed by atoms with E-state index in [2.05, 4.69) is 20.2 Å². The molecule has 2 aromatic rings. The molecule has 0 radical (unpaired) electrons. The number of anilines is 2. The summed E-state index contributed by atoms with van der Waals surface area (Å²) >= 11 is 0. The van der Waals surface area contributed by atoms with Crippen molar-refractivity contribution in [2.24, 2.45) is 0 Å². The van der Waals surface area contributed by atoms with Gasteiger partial charge in [0.25, 0.3) is 0 Å². The number of methoxy groups -OCH3 is 3. The number of benzene rings is 1. The number of amides is 1. The van der Waals surface area contributed by atoms with Crippen molar-refractivity contribution in [3.05, 3.63) is 35.2 Å². The van der Waals surface area contributed by atoms with Crippen LogP contribution >= 0.6 is 0 Å². The first-order valence-electron chi connectivity index (χ1n) is 9.93. The van der Waals surface area contributed by atoms with E-state index in [1.54, 1.807) is 39.5 Å². The second kappa shape index (κ2) is 10.1. The molecule has 1 amide bonds. The second-order valence-corrected chi connectivity index (χ2v) is 6.95. The Bertz CT molecular complexity index is 922. The molecular formula is C22H28N4O5. The Morgan fingerprint density at radius 3 is 2.13 bits per heavy atom. The van der Waals surface area contributed by atoms with E-state index in [1.807, 2.05) is 13.8 Å². The zero-order valence-corrected chi connectivity index (χ0v) is 18.5. The molecule has 166 valence electrons. The molecule has 0 spiro atoms. The molecule has 0 bridgehead atoms. The van der Waals surface area contributed by atoms with Crippen LogP contribution in [0.15, 0.2) is 18.2 Å². The molecule has 0 saturated carbocycles. The van der Waals surface area contributed by atoms with Crippen LogP contribution in [0.25, 0.3) is 6.08 Å². The number of morpholine rings is 1. The van der Waals surface area contributed by atoms with Gasteiger partial charge < -0.3 is 29.2 Å². The van der Waals surface area contributed by atoms with Gasteiger partial charge in [0.1, 0.15) is 0 Å². The van der Waals surface area contributed by atoms with E-state index < -0.39 is 0 Å². The van der Waals surface area contributed by atoms with E-state index in [0.29, 0.717) is 53.5 Å². The summed E-state index contributed by atoms with van der Waals surface area (Å²) in [6.07, 6.45) is 3.11. The molecule has 2 heterocycles. The van der Waals surface area contributed by atoms with E-state index in [-0.39, 0.29) is 5.91 Å². The lowest BCUT2D eigenvalue weighted by molar-refractivity contribution is -0.111. The standard InChI is InChI=1S/C22H28N4O5/c1-14-20(15(2)24-22(23-14)26-8-10-31-11-9-26)25-19(27)7-6-16-12-17(28-3)21(30-5)18(13-16)29-4/h6-7,12-13H,8-11H2,1-5H3,(H,25,27)/b7-6+. The third kappa shape index (κ3) is 5.24. The van der Waals surface area contributed by atoms with Crippen molar-refractivity contribution in [1.82, 2.24) is 9.97 Å². The Morgan fingerprint density at radius 2 is 1.61 bits per heavy atom. The SMILES string of the molecule is COc1cc(/C=C/C(=O)Nc2c(C)nc(N3CCOCC3)nc2C)cc(OC)c1OC. The maximum atomic E-state index is 12.5. The number of hydrogen-bond donors (Lipinski definition) is 1. The van der Waals surface area contributed by atoms with E-state index >= 15 is 0 Å². The van der Waals surface area contributed by atoms with Gasteiger partial charge in [-0.3, -0.25) is 4.79 Å². The predicted molar refractivity (Wildman–Crippen MR) is 118 cm³/mol. The maximum absolute atomic E-state index is 12.5. The molecule has 1 fully saturated rings. The van der Waals surface area contributed by atoms with Crippen molar-refractivity contribution in [2.45, 2.75) is 13.8 Å². The Labute approximate surface area is 182 Å². The van der Waals surface area contributed by atoms with Gasteiger partial charge in [0.15, 0.2) is 11.5 Å². The summed E-state index contributed by atoms with van der Waals surface area (Å²) in [5.41, 5.74) is 2.76. The number of ether oxygens (including phenoxy) is 4. The number of carbonyl (C=O) groups excluding carboxylic acids is 1. The smallest absolute Gasteiger partial charge is 0.248 e. The Hall–Kier alpha value is -3.33. The van der Waals surface area contributed by atoms with Gasteiger partial charge in [0, 0.05) is 19.2 Å². The van der Waals surface area contributed by atoms with E-state index in [1.165, 1.54) is 6.08 Å². The number of rotatable bonds is 7. The average molecular weight is 428 g/mol. The summed E-state index contributed by atoms with van der Waals surface area (Å²) in [5, 5.41) is 2.88. The van der Waals surface area contributed by atoms with Crippen LogP contribution in [0.4, 0.5) is 11.6 Å². The highest BCUT2D eigenvalue weighted by atomic mass is 16.5. The van der Waals surface area contributed by atoms with Crippen LogP contribution in [0, 0.1) is 13.8 Å². The van der Waals surface area contributed by atoms with E-state index in [9.17, 15) is 4.79 Å². The number of aromatic nitrogens is 2. The van der Waals surface area contributed by atoms with Gasteiger partial charge in [0.05, 0.1) is 51.6 Å². The van der Waals surface area contributed by atoms with Gasteiger partial charge in [0.2, 0.25) is 17.6 Å². The number of carbonyl (C=O) groups is 1. The van der Waals surface area contributed by atoms with Crippen LogP contribution in [0.2, 0.25) is 0 Å². The molecular weight excluding hydrogens is 400 g/mol. The summed E-state index contributed by atoms with van der Waals surface area (Å²) in [5.74, 6) is 1.89. The zero-order valence-electron chi connectivity index (χ0n) is 18.5. The minimum Gasteiger partial charge on any atom is -0.493 e. The number of nitrogens with one attached hydrogen (secondary N) is 1. The molecule has 1 aromatic carbocycles. The van der Waals surface area contributed by atoms with Crippen molar-refractivity contribution in [2.75, 3.05) is 57.8 Å². The first-order valence-corrected chi connectivity index (χ1v) is 9.93. The monoisotopic (exact) mass is 428 g/mol. The molecule has 0 atom stereocenters. The molecule has 1 aliphatic heterocycles. The Kier molecular flexibility index (Phi) is 7.30. The van der Waals surface area contributed by atoms with Crippen molar-refractivity contribution in [3.63, 3.8) is 0 Å². The lowest BCUT2D eigenvalue weighted by Crippen LogP contribution is -2.37. The van der Waals surface area contributed by atoms with Crippen molar-refractivity contribution >= 4 is 23.6 Å². The summed E-state index contributed by atoms with van der Waals surface area (Å²) in [6.45, 7) is 6.54. The van der Waals surface area contributed by atoms with Gasteiger partial charge in [-0.25, -0.2) is 9.97 Å². The maximum Gasteiger partial charge on any atom is 0.248 e. The van der Waals surface area contributed by atoms with Crippen LogP contribution in [-0.4, -0.2) is 63.5 Å². The molecule has 9 nitrogen and oxygen atoms in total. The summed E-state index contributed by atoms with van der Waals surface area (Å²) in [7, 11) is 4.63. The highest BCUT2D eigenvalue weighted by Crippen LogP contribution is 2.38. The van der Waals surface area contributed by atoms with Crippen molar-refractivity contribution in [1.29, 1.82) is 0 Å². The summed E-state index contributed by atoms with van der Waals surface area (Å²) < 4.78 is 21.4. The van der Waals surface area contributed by atoms with Crippen LogP contribution in [-0.2, 0) is 9.53 Å². The minimum absolute atomic E-state index is 0.289. The number of nitrogens with zero attached hydrogens (tertiary/aromatic N) is 3. The molecule has 3 rings (SSSR count). The topological polar surface area (TPSA) is 95.0 Å². The van der Waals surface area contributed by atoms with Gasteiger partial charge >= 0.3 is 0 Å². The summed E-state index contributed by atoms with van der Waals surface area (Å²) in [6, 6.07) is 3.53. The Balaban J connectivity index is 1.75. The van der Waals surface area contributed by atoms with Gasteiger partial charge in [-0.05, 0) is 37.6 Å². The zero-order chi connectivity index (χ0) is 22.4. The van der Waals surface area contributed by atoms with Gasteiger partial charge in [-0.2, -0.15) is 0 Å². The fraction of sp³-hybridized carbons (Fsp3) is 0.409. The molecule has 1 saturated heterocycles. The minimum atomic E-state index is -0.289. The fourth-order valence-corrected chi connectivity index (χ4v) is 3.32. The lowest BCUT2D eigenvalue weighted by atomic mass is 10.1. The fourth-order valence-electron chi connectivity index (χ4n) is 3.32. The molecule has 1 aromatic heterocycles. The lowest BCUT2D eigenvalue weighted by Gasteiger charge is -2.27. The molecule has 1 aliphatic rings. The second-order valence-electron chi connectivity index (χ2n) is 6.95. The quantitative estimate of drug-likeness (QED) is 0.673. The molecule has 1 N–H and O–H groups in total. The number of aryl methyl sites for hydroxylation is 2. The third-order valence-electron chi connectivity index (χ3n) is 4.92. The summed E-state index contributed by atoms with van der Waals surface area (Å²) in [4.78, 5) is 23.8. The highest BCUT2D eigenvalue weighted by molar-refractivity contribution is 6.02. The van der Waals surface area contributed by atoms with Crippen LogP contribution < -0.4 is 24.4 Å². The molecule has 9 heteroatoms. The normalized spacial score (nSPS) is 13.9. The highest BCUT2D eigenvalue weighted by Gasteiger charge is 2.17. The first-order chi connectivity index (χ1) is 15.0. The van der Waals surface area contributed by atoms with E-state index in [0.717, 1.165) is 18.7 Å². The largest absolute Gasteiger partial charge is 0.493 e. The average Bonchev–Trinajstić information content (AvgIpc) is 2.79. The molecule has 31 heavy (non-hydrogen) atoms. The molecule has 0 aliphatic carbocycles. The first kappa shape index (κ1) is 22.4. The van der Waals surface area contributed by atoms with Crippen molar-refractivity contribution < 1.29 is 23.7 Å². The van der Waals surface area contributed by atoms with E-state index in [4.69, 9.17) is 18.9 Å². The van der Waals surface area contributed by atoms with Gasteiger partial charge in [-0.1, -0.05) is 0 Å². The van der Waals surface area contributed by atoms with Crippen molar-refractivity contribution in [3.8, 4) is 17.2 Å². The predicted octanol–water partition coefficient (Wildman–Crippen LogP) is 2.61. The van der Waals surface area contributed by atoms with Crippen LogP contribution in [0.3, 0.4) is 0 Å².